The fourth-order valence-corrected chi connectivity index (χ4v) is 3.64. The van der Waals surface area contributed by atoms with E-state index in [0.717, 1.165) is 14.7 Å². The van der Waals surface area contributed by atoms with Crippen LogP contribution in [0.2, 0.25) is 0 Å². The summed E-state index contributed by atoms with van der Waals surface area (Å²) in [6, 6.07) is 12.4. The smallest absolute Gasteiger partial charge is 0.133 e. The quantitative estimate of drug-likeness (QED) is 0.522. The van der Waals surface area contributed by atoms with Crippen molar-refractivity contribution in [2.75, 3.05) is 7.11 Å². The average molecular weight is 449 g/mol. The zero-order chi connectivity index (χ0) is 14.0. The van der Waals surface area contributed by atoms with Gasteiger partial charge < -0.3 is 4.74 Å². The van der Waals surface area contributed by atoms with Gasteiger partial charge >= 0.3 is 0 Å². The van der Waals surface area contributed by atoms with Gasteiger partial charge in [0.15, 0.2) is 0 Å². The summed E-state index contributed by atoms with van der Waals surface area (Å²) in [7, 11) is 1.67. The monoisotopic (exact) mass is 446 g/mol. The maximum Gasteiger partial charge on any atom is 0.133 e. The van der Waals surface area contributed by atoms with Crippen molar-refractivity contribution >= 4 is 47.8 Å². The molecule has 0 aliphatic heterocycles. The first-order valence-electron chi connectivity index (χ1n) is 5.77. The van der Waals surface area contributed by atoms with E-state index in [4.69, 9.17) is 4.74 Å². The number of benzene rings is 2. The van der Waals surface area contributed by atoms with Crippen LogP contribution in [0.1, 0.15) is 21.5 Å². The Morgan fingerprint density at radius 1 is 1.05 bits per heavy atom. The van der Waals surface area contributed by atoms with E-state index in [0.29, 0.717) is 0 Å². The Morgan fingerprint density at radius 2 is 1.79 bits per heavy atom. The highest BCUT2D eigenvalue weighted by atomic mass is 79.9. The first kappa shape index (κ1) is 15.1. The first-order chi connectivity index (χ1) is 9.04. The largest absolute Gasteiger partial charge is 0.496 e. The molecule has 4 heteroatoms. The van der Waals surface area contributed by atoms with Gasteiger partial charge in [0.2, 0.25) is 0 Å². The van der Waals surface area contributed by atoms with Gasteiger partial charge in [0.25, 0.3) is 0 Å². The lowest BCUT2D eigenvalue weighted by molar-refractivity contribution is 0.412. The maximum atomic E-state index is 5.26. The van der Waals surface area contributed by atoms with Crippen LogP contribution in [-0.2, 0) is 0 Å². The van der Waals surface area contributed by atoms with Gasteiger partial charge in [0.05, 0.1) is 16.4 Å². The molecule has 0 aliphatic rings. The maximum absolute atomic E-state index is 5.26. The zero-order valence-electron chi connectivity index (χ0n) is 10.6. The Morgan fingerprint density at radius 3 is 2.42 bits per heavy atom. The van der Waals surface area contributed by atoms with Gasteiger partial charge in [-0.15, -0.1) is 0 Å². The summed E-state index contributed by atoms with van der Waals surface area (Å²) in [4.78, 5) is 0.159. The molecule has 0 heterocycles. The highest BCUT2D eigenvalue weighted by Gasteiger charge is 2.15. The van der Waals surface area contributed by atoms with Crippen LogP contribution in [0.25, 0.3) is 0 Å². The molecule has 2 aromatic carbocycles. The number of ether oxygens (including phenoxy) is 1. The summed E-state index contributed by atoms with van der Waals surface area (Å²) in [5, 5.41) is 0. The topological polar surface area (TPSA) is 9.23 Å². The third-order valence-electron chi connectivity index (χ3n) is 3.05. The molecule has 0 fully saturated rings. The molecule has 0 radical (unpaired) electrons. The van der Waals surface area contributed by atoms with E-state index in [9.17, 15) is 0 Å². The third-order valence-corrected chi connectivity index (χ3v) is 5.55. The van der Waals surface area contributed by atoms with Crippen LogP contribution in [-0.4, -0.2) is 7.11 Å². The molecule has 100 valence electrons. The molecule has 1 atom stereocenters. The molecule has 0 aliphatic carbocycles. The Kier molecular flexibility index (Phi) is 5.09. The SMILES string of the molecule is COc1ccc(C(Br)c2cccc(Br)c2C)cc1Br. The second kappa shape index (κ2) is 6.42. The molecule has 0 saturated carbocycles. The predicted octanol–water partition coefficient (Wildman–Crippen LogP) is 6.01. The summed E-state index contributed by atoms with van der Waals surface area (Å²) >= 11 is 10.9. The van der Waals surface area contributed by atoms with Crippen molar-refractivity contribution in [2.24, 2.45) is 0 Å². The zero-order valence-corrected chi connectivity index (χ0v) is 15.3. The van der Waals surface area contributed by atoms with Gasteiger partial charge in [-0.05, 0) is 57.7 Å². The van der Waals surface area contributed by atoms with Crippen molar-refractivity contribution in [1.29, 1.82) is 0 Å². The number of hydrogen-bond donors (Lipinski definition) is 0. The van der Waals surface area contributed by atoms with Crippen molar-refractivity contribution in [3.63, 3.8) is 0 Å². The van der Waals surface area contributed by atoms with Gasteiger partial charge in [-0.3, -0.25) is 0 Å². The molecule has 0 saturated heterocycles. The van der Waals surface area contributed by atoms with Crippen LogP contribution in [0.5, 0.6) is 5.75 Å². The van der Waals surface area contributed by atoms with Crippen molar-refractivity contribution in [1.82, 2.24) is 0 Å². The summed E-state index contributed by atoms with van der Waals surface area (Å²) in [6.45, 7) is 2.12. The van der Waals surface area contributed by atoms with Crippen LogP contribution in [0.15, 0.2) is 45.3 Å². The van der Waals surface area contributed by atoms with E-state index in [2.05, 4.69) is 85.0 Å². The van der Waals surface area contributed by atoms with Crippen molar-refractivity contribution in [3.05, 3.63) is 62.0 Å². The second-order valence-corrected chi connectivity index (χ2v) is 6.83. The predicted molar refractivity (Wildman–Crippen MR) is 90.3 cm³/mol. The number of hydrogen-bond acceptors (Lipinski definition) is 1. The molecule has 2 rings (SSSR count). The summed E-state index contributed by atoms with van der Waals surface area (Å²) in [5.74, 6) is 0.842. The minimum Gasteiger partial charge on any atom is -0.496 e. The van der Waals surface area contributed by atoms with Crippen LogP contribution >= 0.6 is 47.8 Å². The standard InChI is InChI=1S/C15H13Br3O/c1-9-11(4-3-5-12(9)16)15(18)10-6-7-14(19-2)13(17)8-10/h3-8,15H,1-2H3. The lowest BCUT2D eigenvalue weighted by Gasteiger charge is -2.16. The second-order valence-electron chi connectivity index (χ2n) is 4.21. The molecule has 19 heavy (non-hydrogen) atoms. The summed E-state index contributed by atoms with van der Waals surface area (Å²) in [5.41, 5.74) is 3.69. The molecule has 0 spiro atoms. The highest BCUT2D eigenvalue weighted by Crippen LogP contribution is 2.37. The van der Waals surface area contributed by atoms with Crippen LogP contribution in [0.4, 0.5) is 0 Å². The molecule has 0 N–H and O–H groups in total. The van der Waals surface area contributed by atoms with E-state index < -0.39 is 0 Å². The fourth-order valence-electron chi connectivity index (χ4n) is 1.92. The Bertz CT molecular complexity index is 596. The average Bonchev–Trinajstić information content (AvgIpc) is 2.41. The van der Waals surface area contributed by atoms with Gasteiger partial charge in [0, 0.05) is 4.47 Å². The molecule has 0 amide bonds. The molecule has 0 bridgehead atoms. The van der Waals surface area contributed by atoms with Crippen LogP contribution in [0, 0.1) is 6.92 Å². The Labute approximate surface area is 138 Å². The van der Waals surface area contributed by atoms with E-state index in [1.807, 2.05) is 6.07 Å². The van der Waals surface area contributed by atoms with Crippen molar-refractivity contribution in [3.8, 4) is 5.75 Å². The number of alkyl halides is 1. The van der Waals surface area contributed by atoms with Crippen molar-refractivity contribution in [2.45, 2.75) is 11.8 Å². The lowest BCUT2D eigenvalue weighted by atomic mass is 10.0. The molecular formula is C15H13Br3O. The Balaban J connectivity index is 2.41. The minimum atomic E-state index is 0.159. The number of methoxy groups -OCH3 is 1. The van der Waals surface area contributed by atoms with E-state index in [-0.39, 0.29) is 4.83 Å². The van der Waals surface area contributed by atoms with E-state index >= 15 is 0 Å². The lowest BCUT2D eigenvalue weighted by Crippen LogP contribution is -1.97. The molecule has 1 nitrogen and oxygen atoms in total. The summed E-state index contributed by atoms with van der Waals surface area (Å²) < 4.78 is 7.35. The van der Waals surface area contributed by atoms with Gasteiger partial charge in [-0.25, -0.2) is 0 Å². The van der Waals surface area contributed by atoms with Gasteiger partial charge in [-0.2, -0.15) is 0 Å². The first-order valence-corrected chi connectivity index (χ1v) is 8.27. The molecule has 1 unspecified atom stereocenters. The Hall–Kier alpha value is -0.320. The highest BCUT2D eigenvalue weighted by molar-refractivity contribution is 9.11. The summed E-state index contributed by atoms with van der Waals surface area (Å²) in [6.07, 6.45) is 0. The fraction of sp³-hybridized carbons (Fsp3) is 0.200. The minimum absolute atomic E-state index is 0.159. The van der Waals surface area contributed by atoms with E-state index in [1.165, 1.54) is 16.7 Å². The van der Waals surface area contributed by atoms with Gasteiger partial charge in [0.1, 0.15) is 5.75 Å². The molecule has 2 aromatic rings. The van der Waals surface area contributed by atoms with E-state index in [1.54, 1.807) is 7.11 Å². The molecule has 0 aromatic heterocycles. The third kappa shape index (κ3) is 3.23. The van der Waals surface area contributed by atoms with Crippen LogP contribution in [0.3, 0.4) is 0 Å². The number of rotatable bonds is 3. The van der Waals surface area contributed by atoms with Crippen LogP contribution < -0.4 is 4.74 Å². The molecular weight excluding hydrogens is 436 g/mol. The normalized spacial score (nSPS) is 12.3. The number of halogens is 3. The van der Waals surface area contributed by atoms with Crippen molar-refractivity contribution < 1.29 is 4.74 Å². The van der Waals surface area contributed by atoms with Gasteiger partial charge in [-0.1, -0.05) is 50.1 Å².